The van der Waals surface area contributed by atoms with Crippen LogP contribution in [0.2, 0.25) is 10.0 Å². The molecule has 0 aliphatic rings. The Morgan fingerprint density at radius 1 is 1.44 bits per heavy atom. The van der Waals surface area contributed by atoms with Crippen molar-refractivity contribution in [2.75, 3.05) is 12.4 Å². The van der Waals surface area contributed by atoms with E-state index in [1.165, 1.54) is 11.8 Å². The van der Waals surface area contributed by atoms with Crippen LogP contribution in [-0.4, -0.2) is 12.4 Å². The van der Waals surface area contributed by atoms with Crippen molar-refractivity contribution in [3.8, 4) is 11.2 Å². The summed E-state index contributed by atoms with van der Waals surface area (Å²) < 4.78 is 5.59. The van der Waals surface area contributed by atoms with Gasteiger partial charge in [0.1, 0.15) is 11.2 Å². The van der Waals surface area contributed by atoms with Crippen LogP contribution < -0.4 is 4.74 Å². The molecule has 0 fully saturated rings. The molecule has 0 amide bonds. The molecule has 0 heterocycles. The van der Waals surface area contributed by atoms with Crippen LogP contribution in [0, 0.1) is 10.7 Å². The van der Waals surface area contributed by atoms with Gasteiger partial charge in [0, 0.05) is 16.3 Å². The van der Waals surface area contributed by atoms with Crippen LogP contribution in [0.25, 0.3) is 0 Å². The second-order valence-corrected chi connectivity index (χ2v) is 5.59. The summed E-state index contributed by atoms with van der Waals surface area (Å²) in [6, 6.07) is 3.58. The summed E-state index contributed by atoms with van der Waals surface area (Å²) in [5, 5.41) is 11.7. The molecule has 1 aromatic rings. The summed E-state index contributed by atoms with van der Waals surface area (Å²) in [5.41, 5.74) is 1.01. The van der Waals surface area contributed by atoms with Gasteiger partial charge in [0.25, 0.3) is 0 Å². The van der Waals surface area contributed by atoms with E-state index >= 15 is 0 Å². The first-order valence-electron chi connectivity index (χ1n) is 5.72. The van der Waals surface area contributed by atoms with Crippen LogP contribution in [0.5, 0.6) is 5.75 Å². The minimum Gasteiger partial charge on any atom is -0.492 e. The van der Waals surface area contributed by atoms with E-state index in [-0.39, 0.29) is 5.92 Å². The van der Waals surface area contributed by atoms with Gasteiger partial charge in [-0.3, -0.25) is 0 Å². The molecule has 0 aliphatic carbocycles. The van der Waals surface area contributed by atoms with Crippen molar-refractivity contribution in [1.29, 1.82) is 5.26 Å². The third-order valence-corrected chi connectivity index (χ3v) is 3.64. The van der Waals surface area contributed by atoms with Gasteiger partial charge in [0.2, 0.25) is 0 Å². The van der Waals surface area contributed by atoms with Crippen LogP contribution in [0.4, 0.5) is 0 Å². The highest BCUT2D eigenvalue weighted by Crippen LogP contribution is 2.38. The van der Waals surface area contributed by atoms with Gasteiger partial charge in [-0.2, -0.15) is 5.26 Å². The average Bonchev–Trinajstić information content (AvgIpc) is 2.32. The molecular weight excluding hydrogens is 289 g/mol. The minimum atomic E-state index is 0.253. The monoisotopic (exact) mass is 303 g/mol. The molecule has 0 saturated heterocycles. The van der Waals surface area contributed by atoms with Gasteiger partial charge >= 0.3 is 0 Å². The van der Waals surface area contributed by atoms with Gasteiger partial charge in [-0.05, 0) is 43.2 Å². The molecule has 1 rings (SSSR count). The highest BCUT2D eigenvalue weighted by atomic mass is 35.5. The standard InChI is InChI=1S/C13H15Cl2NOS/c1-3-17-13-11(6-10(14)7-12(13)15)9(2)4-5-18-8-16/h6-7,9H,3-5H2,1-2H3. The molecule has 0 saturated carbocycles. The first-order chi connectivity index (χ1) is 8.60. The zero-order valence-corrected chi connectivity index (χ0v) is 12.7. The maximum absolute atomic E-state index is 8.52. The van der Waals surface area contributed by atoms with Crippen LogP contribution in [-0.2, 0) is 0 Å². The first-order valence-corrected chi connectivity index (χ1v) is 7.46. The van der Waals surface area contributed by atoms with Gasteiger partial charge in [-0.25, -0.2) is 0 Å². The van der Waals surface area contributed by atoms with Crippen molar-refractivity contribution >= 4 is 35.0 Å². The molecule has 1 unspecified atom stereocenters. The van der Waals surface area contributed by atoms with Gasteiger partial charge in [-0.1, -0.05) is 30.1 Å². The Kier molecular flexibility index (Phi) is 6.70. The molecule has 1 aromatic carbocycles. The quantitative estimate of drug-likeness (QED) is 0.541. The number of halogens is 2. The maximum atomic E-state index is 8.52. The number of nitriles is 1. The van der Waals surface area contributed by atoms with Crippen LogP contribution in [0.15, 0.2) is 12.1 Å². The molecule has 18 heavy (non-hydrogen) atoms. The van der Waals surface area contributed by atoms with E-state index in [1.807, 2.05) is 13.0 Å². The molecule has 2 nitrogen and oxygen atoms in total. The zero-order chi connectivity index (χ0) is 13.5. The Labute approximate surface area is 122 Å². The largest absolute Gasteiger partial charge is 0.492 e. The number of hydrogen-bond acceptors (Lipinski definition) is 3. The fourth-order valence-corrected chi connectivity index (χ4v) is 2.81. The van der Waals surface area contributed by atoms with Crippen LogP contribution >= 0.6 is 35.0 Å². The lowest BCUT2D eigenvalue weighted by molar-refractivity contribution is 0.334. The lowest BCUT2D eigenvalue weighted by Crippen LogP contribution is -2.02. The molecule has 0 bridgehead atoms. The number of thioether (sulfide) groups is 1. The van der Waals surface area contributed by atoms with Crippen molar-refractivity contribution < 1.29 is 4.74 Å². The van der Waals surface area contributed by atoms with Gasteiger partial charge in [-0.15, -0.1) is 0 Å². The third-order valence-electron chi connectivity index (χ3n) is 2.57. The summed E-state index contributed by atoms with van der Waals surface area (Å²) in [6.45, 7) is 4.57. The SMILES string of the molecule is CCOc1c(Cl)cc(Cl)cc1C(C)CCSC#N. The van der Waals surface area contributed by atoms with Gasteiger partial charge in [0.05, 0.1) is 11.6 Å². The number of benzene rings is 1. The van der Waals surface area contributed by atoms with E-state index in [2.05, 4.69) is 12.3 Å². The summed E-state index contributed by atoms with van der Waals surface area (Å²) >= 11 is 13.4. The maximum Gasteiger partial charge on any atom is 0.141 e. The highest BCUT2D eigenvalue weighted by Gasteiger charge is 2.16. The van der Waals surface area contributed by atoms with E-state index in [0.29, 0.717) is 22.4 Å². The summed E-state index contributed by atoms with van der Waals surface area (Å²) in [5.74, 6) is 1.74. The lowest BCUT2D eigenvalue weighted by atomic mass is 9.97. The predicted molar refractivity (Wildman–Crippen MR) is 78.7 cm³/mol. The third kappa shape index (κ3) is 4.28. The smallest absolute Gasteiger partial charge is 0.141 e. The molecule has 0 aromatic heterocycles. The fourth-order valence-electron chi connectivity index (χ4n) is 1.68. The summed E-state index contributed by atoms with van der Waals surface area (Å²) in [7, 11) is 0. The molecular formula is C13H15Cl2NOS. The van der Waals surface area contributed by atoms with E-state index < -0.39 is 0 Å². The number of ether oxygens (including phenoxy) is 1. The van der Waals surface area contributed by atoms with Crippen LogP contribution in [0.1, 0.15) is 31.7 Å². The second-order valence-electron chi connectivity index (χ2n) is 3.87. The molecule has 1 atom stereocenters. The summed E-state index contributed by atoms with van der Waals surface area (Å²) in [6.07, 6.45) is 0.884. The van der Waals surface area contributed by atoms with Crippen LogP contribution in [0.3, 0.4) is 0 Å². The van der Waals surface area contributed by atoms with Crippen molar-refractivity contribution in [3.05, 3.63) is 27.7 Å². The molecule has 98 valence electrons. The Morgan fingerprint density at radius 3 is 2.78 bits per heavy atom. The van der Waals surface area contributed by atoms with Crippen molar-refractivity contribution in [2.24, 2.45) is 0 Å². The number of rotatable bonds is 6. The minimum absolute atomic E-state index is 0.253. The Hall–Kier alpha value is -0.560. The van der Waals surface area contributed by atoms with E-state index in [0.717, 1.165) is 17.7 Å². The molecule has 0 radical (unpaired) electrons. The number of thiocyanates is 1. The number of nitrogens with zero attached hydrogens (tertiary/aromatic N) is 1. The van der Waals surface area contributed by atoms with Gasteiger partial charge in [0.15, 0.2) is 0 Å². The number of hydrogen-bond donors (Lipinski definition) is 0. The normalized spacial score (nSPS) is 11.9. The fraction of sp³-hybridized carbons (Fsp3) is 0.462. The lowest BCUT2D eigenvalue weighted by Gasteiger charge is -2.17. The van der Waals surface area contributed by atoms with Gasteiger partial charge < -0.3 is 4.74 Å². The van der Waals surface area contributed by atoms with Crippen molar-refractivity contribution in [3.63, 3.8) is 0 Å². The van der Waals surface area contributed by atoms with E-state index in [9.17, 15) is 0 Å². The Bertz CT molecular complexity index is 445. The zero-order valence-electron chi connectivity index (χ0n) is 10.4. The molecule has 5 heteroatoms. The van der Waals surface area contributed by atoms with Crippen molar-refractivity contribution in [2.45, 2.75) is 26.2 Å². The molecule has 0 N–H and O–H groups in total. The van der Waals surface area contributed by atoms with Crippen molar-refractivity contribution in [1.82, 2.24) is 0 Å². The second kappa shape index (κ2) is 7.78. The molecule has 0 spiro atoms. The first kappa shape index (κ1) is 15.5. The highest BCUT2D eigenvalue weighted by molar-refractivity contribution is 8.03. The van der Waals surface area contributed by atoms with E-state index in [1.54, 1.807) is 6.07 Å². The average molecular weight is 304 g/mol. The van der Waals surface area contributed by atoms with E-state index in [4.69, 9.17) is 33.2 Å². The Morgan fingerprint density at radius 2 is 2.17 bits per heavy atom. The molecule has 0 aliphatic heterocycles. The predicted octanol–water partition coefficient (Wildman–Crippen LogP) is 5.10. The summed E-state index contributed by atoms with van der Waals surface area (Å²) in [4.78, 5) is 0. The Balaban J connectivity index is 2.94. The topological polar surface area (TPSA) is 33.0 Å².